The SMILES string of the molecule is CC(C)c1nc(C(N)c2ccc(Br)cc2F)no1. The summed E-state index contributed by atoms with van der Waals surface area (Å²) in [6.45, 7) is 3.87. The van der Waals surface area contributed by atoms with Gasteiger partial charge < -0.3 is 10.3 Å². The minimum Gasteiger partial charge on any atom is -0.339 e. The highest BCUT2D eigenvalue weighted by molar-refractivity contribution is 9.10. The van der Waals surface area contributed by atoms with Crippen molar-refractivity contribution >= 4 is 15.9 Å². The van der Waals surface area contributed by atoms with Crippen LogP contribution in [0.25, 0.3) is 0 Å². The zero-order chi connectivity index (χ0) is 13.3. The lowest BCUT2D eigenvalue weighted by Crippen LogP contribution is -2.15. The maximum absolute atomic E-state index is 13.8. The Balaban J connectivity index is 2.32. The van der Waals surface area contributed by atoms with E-state index in [1.54, 1.807) is 12.1 Å². The largest absolute Gasteiger partial charge is 0.339 e. The van der Waals surface area contributed by atoms with E-state index in [4.69, 9.17) is 10.3 Å². The summed E-state index contributed by atoms with van der Waals surface area (Å²) in [4.78, 5) is 4.17. The Bertz CT molecular complexity index is 556. The van der Waals surface area contributed by atoms with Crippen molar-refractivity contribution in [1.29, 1.82) is 0 Å². The first-order valence-electron chi connectivity index (χ1n) is 5.53. The molecule has 2 N–H and O–H groups in total. The third-order valence-electron chi connectivity index (χ3n) is 2.53. The zero-order valence-corrected chi connectivity index (χ0v) is 11.6. The fourth-order valence-corrected chi connectivity index (χ4v) is 1.83. The van der Waals surface area contributed by atoms with Gasteiger partial charge in [-0.15, -0.1) is 0 Å². The molecule has 0 fully saturated rings. The molecule has 2 aromatic rings. The van der Waals surface area contributed by atoms with Crippen LogP contribution in [-0.2, 0) is 0 Å². The van der Waals surface area contributed by atoms with Gasteiger partial charge in [0.05, 0.1) is 6.04 Å². The van der Waals surface area contributed by atoms with Crippen molar-refractivity contribution in [3.63, 3.8) is 0 Å². The second-order valence-corrected chi connectivity index (χ2v) is 5.20. The molecule has 1 unspecified atom stereocenters. The van der Waals surface area contributed by atoms with Crippen LogP contribution in [0, 0.1) is 5.82 Å². The van der Waals surface area contributed by atoms with E-state index in [0.29, 0.717) is 21.8 Å². The number of hydrogen-bond acceptors (Lipinski definition) is 4. The molecule has 0 radical (unpaired) electrons. The van der Waals surface area contributed by atoms with E-state index in [0.717, 1.165) is 0 Å². The van der Waals surface area contributed by atoms with Crippen molar-refractivity contribution in [2.24, 2.45) is 5.73 Å². The van der Waals surface area contributed by atoms with Crippen LogP contribution >= 0.6 is 15.9 Å². The average molecular weight is 314 g/mol. The highest BCUT2D eigenvalue weighted by Crippen LogP contribution is 2.24. The van der Waals surface area contributed by atoms with Crippen LogP contribution in [0.2, 0.25) is 0 Å². The van der Waals surface area contributed by atoms with Gasteiger partial charge in [0.25, 0.3) is 0 Å². The molecule has 6 heteroatoms. The third-order valence-corrected chi connectivity index (χ3v) is 3.02. The van der Waals surface area contributed by atoms with Crippen molar-refractivity contribution in [2.45, 2.75) is 25.8 Å². The Hall–Kier alpha value is -1.27. The zero-order valence-electron chi connectivity index (χ0n) is 10.0. The average Bonchev–Trinajstić information content (AvgIpc) is 2.77. The number of rotatable bonds is 3. The predicted molar refractivity (Wildman–Crippen MR) is 68.5 cm³/mol. The molecule has 4 nitrogen and oxygen atoms in total. The molecule has 0 aliphatic heterocycles. The molecule has 0 amide bonds. The smallest absolute Gasteiger partial charge is 0.229 e. The van der Waals surface area contributed by atoms with Crippen LogP contribution in [0.5, 0.6) is 0 Å². The standard InChI is InChI=1S/C12H13BrFN3O/c1-6(2)12-16-11(17-18-12)10(15)8-4-3-7(13)5-9(8)14/h3-6,10H,15H2,1-2H3. The van der Waals surface area contributed by atoms with Gasteiger partial charge >= 0.3 is 0 Å². The first-order valence-corrected chi connectivity index (χ1v) is 6.32. The monoisotopic (exact) mass is 313 g/mol. The first-order chi connectivity index (χ1) is 8.49. The topological polar surface area (TPSA) is 64.9 Å². The minimum atomic E-state index is -0.727. The molecule has 18 heavy (non-hydrogen) atoms. The minimum absolute atomic E-state index is 0.119. The number of nitrogens with two attached hydrogens (primary N) is 1. The van der Waals surface area contributed by atoms with E-state index in [9.17, 15) is 4.39 Å². The van der Waals surface area contributed by atoms with Gasteiger partial charge in [-0.25, -0.2) is 4.39 Å². The normalized spacial score (nSPS) is 13.0. The van der Waals surface area contributed by atoms with Crippen molar-refractivity contribution in [3.05, 3.63) is 45.8 Å². The fourth-order valence-electron chi connectivity index (χ4n) is 1.50. The van der Waals surface area contributed by atoms with Crippen LogP contribution in [0.1, 0.15) is 43.1 Å². The molecule has 0 aliphatic carbocycles. The Morgan fingerprint density at radius 3 is 2.67 bits per heavy atom. The molecule has 0 aliphatic rings. The molecule has 1 atom stereocenters. The summed E-state index contributed by atoms with van der Waals surface area (Å²) in [6, 6.07) is 3.96. The summed E-state index contributed by atoms with van der Waals surface area (Å²) in [6.07, 6.45) is 0. The molecule has 1 heterocycles. The van der Waals surface area contributed by atoms with Crippen molar-refractivity contribution in [1.82, 2.24) is 10.1 Å². The van der Waals surface area contributed by atoms with Gasteiger partial charge in [0.1, 0.15) is 5.82 Å². The lowest BCUT2D eigenvalue weighted by molar-refractivity contribution is 0.359. The van der Waals surface area contributed by atoms with Crippen LogP contribution in [-0.4, -0.2) is 10.1 Å². The van der Waals surface area contributed by atoms with Gasteiger partial charge in [0.2, 0.25) is 5.89 Å². The lowest BCUT2D eigenvalue weighted by Gasteiger charge is -2.08. The Morgan fingerprint density at radius 2 is 2.11 bits per heavy atom. The van der Waals surface area contributed by atoms with Crippen molar-refractivity contribution in [2.75, 3.05) is 0 Å². The van der Waals surface area contributed by atoms with Crippen LogP contribution in [0.4, 0.5) is 4.39 Å². The Kier molecular flexibility index (Phi) is 3.77. The number of benzene rings is 1. The molecule has 0 spiro atoms. The van der Waals surface area contributed by atoms with E-state index < -0.39 is 11.9 Å². The van der Waals surface area contributed by atoms with E-state index >= 15 is 0 Å². The highest BCUT2D eigenvalue weighted by atomic mass is 79.9. The summed E-state index contributed by atoms with van der Waals surface area (Å²) in [5.41, 5.74) is 6.28. The summed E-state index contributed by atoms with van der Waals surface area (Å²) in [5.74, 6) is 0.513. The molecule has 96 valence electrons. The summed E-state index contributed by atoms with van der Waals surface area (Å²) in [5, 5.41) is 3.79. The summed E-state index contributed by atoms with van der Waals surface area (Å²) < 4.78 is 19.5. The Labute approximate surface area is 113 Å². The van der Waals surface area contributed by atoms with E-state index in [1.165, 1.54) is 6.07 Å². The molecule has 2 rings (SSSR count). The summed E-state index contributed by atoms with van der Waals surface area (Å²) >= 11 is 3.19. The van der Waals surface area contributed by atoms with Crippen molar-refractivity contribution < 1.29 is 8.91 Å². The number of nitrogens with zero attached hydrogens (tertiary/aromatic N) is 2. The number of hydrogen-bond donors (Lipinski definition) is 1. The molecule has 0 saturated carbocycles. The first kappa shape index (κ1) is 13.2. The van der Waals surface area contributed by atoms with Gasteiger partial charge in [0.15, 0.2) is 5.82 Å². The molecule has 0 saturated heterocycles. The van der Waals surface area contributed by atoms with E-state index in [-0.39, 0.29) is 5.92 Å². The second kappa shape index (κ2) is 5.16. The maximum atomic E-state index is 13.8. The lowest BCUT2D eigenvalue weighted by atomic mass is 10.1. The van der Waals surface area contributed by atoms with Crippen LogP contribution < -0.4 is 5.73 Å². The molecular weight excluding hydrogens is 301 g/mol. The van der Waals surface area contributed by atoms with Crippen LogP contribution in [0.15, 0.2) is 27.2 Å². The molecule has 0 bridgehead atoms. The molecule has 1 aromatic carbocycles. The van der Waals surface area contributed by atoms with E-state index in [1.807, 2.05) is 13.8 Å². The molecule has 1 aromatic heterocycles. The number of halogens is 2. The van der Waals surface area contributed by atoms with Gasteiger partial charge in [0, 0.05) is 16.0 Å². The van der Waals surface area contributed by atoms with Crippen molar-refractivity contribution in [3.8, 4) is 0 Å². The Morgan fingerprint density at radius 1 is 1.39 bits per heavy atom. The van der Waals surface area contributed by atoms with Gasteiger partial charge in [-0.05, 0) is 12.1 Å². The summed E-state index contributed by atoms with van der Waals surface area (Å²) in [7, 11) is 0. The highest BCUT2D eigenvalue weighted by Gasteiger charge is 2.20. The second-order valence-electron chi connectivity index (χ2n) is 4.29. The third kappa shape index (κ3) is 2.59. The maximum Gasteiger partial charge on any atom is 0.229 e. The van der Waals surface area contributed by atoms with Gasteiger partial charge in [-0.2, -0.15) is 4.98 Å². The van der Waals surface area contributed by atoms with Crippen LogP contribution in [0.3, 0.4) is 0 Å². The van der Waals surface area contributed by atoms with Gasteiger partial charge in [-0.1, -0.05) is 41.0 Å². The molecular formula is C12H13BrFN3O. The quantitative estimate of drug-likeness (QED) is 0.945. The van der Waals surface area contributed by atoms with Gasteiger partial charge in [-0.3, -0.25) is 0 Å². The predicted octanol–water partition coefficient (Wildman–Crippen LogP) is 3.14. The van der Waals surface area contributed by atoms with E-state index in [2.05, 4.69) is 26.1 Å². The fraction of sp³-hybridized carbons (Fsp3) is 0.333. The number of aromatic nitrogens is 2.